The molecule has 3 aromatic heterocycles. The number of methoxy groups -OCH3 is 1. The fourth-order valence-corrected chi connectivity index (χ4v) is 3.26. The summed E-state index contributed by atoms with van der Waals surface area (Å²) in [5.74, 6) is -1.75. The standard InChI is InChI=1S/C16H16F2N4O2.C5H10FN/c1-16(2,23)8-7-22-11(6-20-13(22)5-12(8)24-3)14-9(17)4-10(18)15(19)21-14;6-5-1-3-7-4-2-5/h4-7,23H,1-3H3,(H2,19,21);5,7H,1-4H2. The molecule has 1 aliphatic rings. The number of nitrogen functional groups attached to an aromatic ring is 1. The molecule has 168 valence electrons. The van der Waals surface area contributed by atoms with Gasteiger partial charge in [-0.25, -0.2) is 23.1 Å². The Morgan fingerprint density at radius 2 is 1.90 bits per heavy atom. The lowest BCUT2D eigenvalue weighted by Gasteiger charge is -2.21. The molecule has 0 aromatic carbocycles. The molecule has 0 unspecified atom stereocenters. The normalized spacial score (nSPS) is 14.9. The summed E-state index contributed by atoms with van der Waals surface area (Å²) in [6, 6.07) is 2.29. The molecule has 4 N–H and O–H groups in total. The molecule has 3 aromatic rings. The highest BCUT2D eigenvalue weighted by Gasteiger charge is 2.24. The van der Waals surface area contributed by atoms with E-state index in [9.17, 15) is 18.3 Å². The van der Waals surface area contributed by atoms with Gasteiger partial charge in [-0.1, -0.05) is 0 Å². The molecule has 4 heterocycles. The minimum absolute atomic E-state index is 0.131. The molecule has 4 rings (SSSR count). The van der Waals surface area contributed by atoms with Crippen molar-refractivity contribution in [1.29, 1.82) is 0 Å². The van der Waals surface area contributed by atoms with Gasteiger partial charge in [0.25, 0.3) is 0 Å². The number of hydrogen-bond acceptors (Lipinski definition) is 6. The minimum atomic E-state index is -1.20. The second-order valence-electron chi connectivity index (χ2n) is 7.80. The Bertz CT molecular complexity index is 1060. The van der Waals surface area contributed by atoms with E-state index >= 15 is 0 Å². The minimum Gasteiger partial charge on any atom is -0.496 e. The number of nitrogens with two attached hydrogens (primary N) is 1. The number of piperidine rings is 1. The van der Waals surface area contributed by atoms with Crippen LogP contribution in [0.25, 0.3) is 17.0 Å². The van der Waals surface area contributed by atoms with Gasteiger partial charge in [-0.15, -0.1) is 0 Å². The summed E-state index contributed by atoms with van der Waals surface area (Å²) >= 11 is 0. The lowest BCUT2D eigenvalue weighted by molar-refractivity contribution is 0.0752. The molecule has 0 amide bonds. The summed E-state index contributed by atoms with van der Waals surface area (Å²) in [4.78, 5) is 7.95. The first-order chi connectivity index (χ1) is 14.6. The van der Waals surface area contributed by atoms with Gasteiger partial charge in [0.15, 0.2) is 17.5 Å². The maximum atomic E-state index is 14.1. The van der Waals surface area contributed by atoms with E-state index in [1.54, 1.807) is 30.5 Å². The quantitative estimate of drug-likeness (QED) is 0.582. The van der Waals surface area contributed by atoms with Gasteiger partial charge in [0, 0.05) is 23.9 Å². The molecule has 0 aliphatic carbocycles. The van der Waals surface area contributed by atoms with E-state index < -0.39 is 29.2 Å². The van der Waals surface area contributed by atoms with E-state index in [-0.39, 0.29) is 11.4 Å². The van der Waals surface area contributed by atoms with Crippen LogP contribution in [0.3, 0.4) is 0 Å². The first-order valence-corrected chi connectivity index (χ1v) is 9.86. The van der Waals surface area contributed by atoms with E-state index in [1.807, 2.05) is 0 Å². The third-order valence-electron chi connectivity index (χ3n) is 4.96. The van der Waals surface area contributed by atoms with Crippen LogP contribution in [-0.2, 0) is 5.60 Å². The summed E-state index contributed by atoms with van der Waals surface area (Å²) in [7, 11) is 1.48. The van der Waals surface area contributed by atoms with Crippen LogP contribution in [0, 0.1) is 11.6 Å². The summed E-state index contributed by atoms with van der Waals surface area (Å²) in [5, 5.41) is 13.4. The van der Waals surface area contributed by atoms with Crippen LogP contribution in [0.1, 0.15) is 32.3 Å². The van der Waals surface area contributed by atoms with Gasteiger partial charge in [0.1, 0.15) is 23.3 Å². The van der Waals surface area contributed by atoms with Crippen LogP contribution in [0.2, 0.25) is 0 Å². The zero-order valence-corrected chi connectivity index (χ0v) is 17.6. The van der Waals surface area contributed by atoms with Crippen molar-refractivity contribution in [1.82, 2.24) is 19.7 Å². The predicted octanol–water partition coefficient (Wildman–Crippen LogP) is 3.20. The number of nitrogens with one attached hydrogen (secondary N) is 1. The Morgan fingerprint density at radius 3 is 2.45 bits per heavy atom. The third-order valence-corrected chi connectivity index (χ3v) is 4.96. The summed E-state index contributed by atoms with van der Waals surface area (Å²) in [6.07, 6.45) is 3.87. The predicted molar refractivity (Wildman–Crippen MR) is 112 cm³/mol. The topological polar surface area (TPSA) is 97.7 Å². The molecule has 31 heavy (non-hydrogen) atoms. The lowest BCUT2D eigenvalue weighted by atomic mass is 9.99. The van der Waals surface area contributed by atoms with E-state index in [0.29, 0.717) is 35.9 Å². The van der Waals surface area contributed by atoms with Crippen LogP contribution >= 0.6 is 0 Å². The molecule has 7 nitrogen and oxygen atoms in total. The number of pyridine rings is 2. The van der Waals surface area contributed by atoms with Crippen molar-refractivity contribution in [2.45, 2.75) is 38.5 Å². The number of halogens is 3. The largest absolute Gasteiger partial charge is 0.496 e. The van der Waals surface area contributed by atoms with Crippen LogP contribution in [-0.4, -0.2) is 45.8 Å². The Kier molecular flexibility index (Phi) is 6.71. The number of rotatable bonds is 3. The first kappa shape index (κ1) is 22.8. The Hall–Kier alpha value is -2.85. The highest BCUT2D eigenvalue weighted by atomic mass is 19.1. The summed E-state index contributed by atoms with van der Waals surface area (Å²) in [6.45, 7) is 4.92. The van der Waals surface area contributed by atoms with E-state index in [0.717, 1.165) is 13.1 Å². The molecule has 0 atom stereocenters. The number of anilines is 1. The highest BCUT2D eigenvalue weighted by Crippen LogP contribution is 2.33. The van der Waals surface area contributed by atoms with Crippen molar-refractivity contribution >= 4 is 11.5 Å². The van der Waals surface area contributed by atoms with Gasteiger partial charge in [-0.05, 0) is 39.8 Å². The van der Waals surface area contributed by atoms with Gasteiger partial charge in [0.05, 0.1) is 24.6 Å². The Labute approximate surface area is 178 Å². The zero-order chi connectivity index (χ0) is 22.8. The molecular formula is C21H26F3N5O2. The number of imidazole rings is 1. The number of ether oxygens (including phenoxy) is 1. The smallest absolute Gasteiger partial charge is 0.168 e. The molecule has 1 aliphatic heterocycles. The molecular weight excluding hydrogens is 411 g/mol. The number of hydrogen-bond donors (Lipinski definition) is 3. The van der Waals surface area contributed by atoms with Crippen LogP contribution < -0.4 is 15.8 Å². The Morgan fingerprint density at radius 1 is 1.23 bits per heavy atom. The lowest BCUT2D eigenvalue weighted by Crippen LogP contribution is -2.28. The highest BCUT2D eigenvalue weighted by molar-refractivity contribution is 5.64. The van der Waals surface area contributed by atoms with Crippen molar-refractivity contribution in [2.75, 3.05) is 25.9 Å². The fourth-order valence-electron chi connectivity index (χ4n) is 3.26. The third kappa shape index (κ3) is 5.08. The zero-order valence-electron chi connectivity index (χ0n) is 17.6. The maximum Gasteiger partial charge on any atom is 0.168 e. The van der Waals surface area contributed by atoms with E-state index in [1.165, 1.54) is 13.3 Å². The van der Waals surface area contributed by atoms with E-state index in [4.69, 9.17) is 10.5 Å². The van der Waals surface area contributed by atoms with Crippen molar-refractivity contribution in [3.63, 3.8) is 0 Å². The number of nitrogens with zero attached hydrogens (tertiary/aromatic N) is 3. The van der Waals surface area contributed by atoms with Gasteiger partial charge in [-0.2, -0.15) is 0 Å². The number of fused-ring (bicyclic) bond motifs is 1. The molecule has 0 spiro atoms. The van der Waals surface area contributed by atoms with Crippen LogP contribution in [0.15, 0.2) is 24.5 Å². The maximum absolute atomic E-state index is 14.1. The van der Waals surface area contributed by atoms with Crippen molar-refractivity contribution in [3.05, 3.63) is 41.7 Å². The number of aliphatic hydroxyl groups is 1. The monoisotopic (exact) mass is 437 g/mol. The number of alkyl halides is 1. The van der Waals surface area contributed by atoms with E-state index in [2.05, 4.69) is 15.3 Å². The number of aromatic nitrogens is 3. The van der Waals surface area contributed by atoms with Gasteiger partial charge < -0.3 is 20.9 Å². The van der Waals surface area contributed by atoms with Crippen molar-refractivity contribution in [2.24, 2.45) is 0 Å². The first-order valence-electron chi connectivity index (χ1n) is 9.86. The molecule has 0 radical (unpaired) electrons. The van der Waals surface area contributed by atoms with Gasteiger partial charge >= 0.3 is 0 Å². The van der Waals surface area contributed by atoms with Crippen LogP contribution in [0.5, 0.6) is 5.75 Å². The summed E-state index contributed by atoms with van der Waals surface area (Å²) in [5.41, 5.74) is 5.33. The Balaban J connectivity index is 0.000000330. The molecule has 0 saturated carbocycles. The molecule has 1 fully saturated rings. The van der Waals surface area contributed by atoms with Gasteiger partial charge in [-0.3, -0.25) is 4.40 Å². The fraction of sp³-hybridized carbons (Fsp3) is 0.429. The SMILES string of the molecule is COc1cc2ncc(-c3nc(N)c(F)cc3F)n2cc1C(C)(C)O.FC1CCNCC1. The molecule has 0 bridgehead atoms. The second-order valence-corrected chi connectivity index (χ2v) is 7.80. The second kappa shape index (κ2) is 9.11. The van der Waals surface area contributed by atoms with Crippen molar-refractivity contribution in [3.8, 4) is 17.1 Å². The molecule has 10 heteroatoms. The summed E-state index contributed by atoms with van der Waals surface area (Å²) < 4.78 is 46.4. The van der Waals surface area contributed by atoms with Crippen LogP contribution in [0.4, 0.5) is 19.0 Å². The molecule has 1 saturated heterocycles. The average Bonchev–Trinajstić information content (AvgIpc) is 3.13. The van der Waals surface area contributed by atoms with Gasteiger partial charge in [0.2, 0.25) is 0 Å². The van der Waals surface area contributed by atoms with Crippen molar-refractivity contribution < 1.29 is 23.0 Å². The average molecular weight is 437 g/mol.